The number of ketones is 1. The van der Waals surface area contributed by atoms with E-state index in [1.807, 2.05) is 6.92 Å². The zero-order valence-electron chi connectivity index (χ0n) is 19.7. The normalized spacial score (nSPS) is 11.2. The van der Waals surface area contributed by atoms with Crippen molar-refractivity contribution in [3.8, 4) is 0 Å². The SMILES string of the molecule is CCC(=O)CCCCCCCCCCCCCCCCOC(=O)CCOS(=O)(=O)[O-].[Na+]. The van der Waals surface area contributed by atoms with E-state index in [2.05, 4.69) is 4.18 Å². The van der Waals surface area contributed by atoms with E-state index in [0.29, 0.717) is 18.8 Å². The molecule has 0 atom stereocenters. The largest absolute Gasteiger partial charge is 1.00 e. The van der Waals surface area contributed by atoms with Gasteiger partial charge >= 0.3 is 35.5 Å². The molecule has 31 heavy (non-hydrogen) atoms. The maximum atomic E-state index is 11.3. The van der Waals surface area contributed by atoms with E-state index < -0.39 is 23.0 Å². The third kappa shape index (κ3) is 28.0. The van der Waals surface area contributed by atoms with Gasteiger partial charge in [0.1, 0.15) is 5.78 Å². The molecule has 0 aliphatic heterocycles. The first kappa shape index (κ1) is 33.2. The Morgan fingerprint density at radius 2 is 1.10 bits per heavy atom. The van der Waals surface area contributed by atoms with Crippen LogP contribution in [0.5, 0.6) is 0 Å². The zero-order chi connectivity index (χ0) is 22.5. The molecule has 7 nitrogen and oxygen atoms in total. The van der Waals surface area contributed by atoms with Crippen LogP contribution in [0.15, 0.2) is 0 Å². The Bertz CT molecular complexity index is 538. The molecule has 0 aromatic carbocycles. The smallest absolute Gasteiger partial charge is 0.726 e. The van der Waals surface area contributed by atoms with Gasteiger partial charge in [0.2, 0.25) is 10.4 Å². The Kier molecular flexibility index (Phi) is 24.8. The van der Waals surface area contributed by atoms with Crippen LogP contribution in [0.4, 0.5) is 0 Å². The number of esters is 1. The Hall–Kier alpha value is 0.01000. The molecule has 0 aliphatic rings. The van der Waals surface area contributed by atoms with Crippen molar-refractivity contribution in [3.05, 3.63) is 0 Å². The molecule has 0 saturated heterocycles. The van der Waals surface area contributed by atoms with E-state index >= 15 is 0 Å². The first-order valence-corrected chi connectivity index (χ1v) is 13.0. The van der Waals surface area contributed by atoms with Crippen molar-refractivity contribution in [1.29, 1.82) is 0 Å². The predicted octanol–water partition coefficient (Wildman–Crippen LogP) is 2.23. The fourth-order valence-corrected chi connectivity index (χ4v) is 3.50. The Labute approximate surface area is 211 Å². The average molecular weight is 473 g/mol. The van der Waals surface area contributed by atoms with Gasteiger partial charge < -0.3 is 9.29 Å². The molecular formula is C22H41NaO7S. The van der Waals surface area contributed by atoms with E-state index in [0.717, 1.165) is 32.1 Å². The van der Waals surface area contributed by atoms with Gasteiger partial charge in [-0.3, -0.25) is 13.8 Å². The summed E-state index contributed by atoms with van der Waals surface area (Å²) in [4.78, 5) is 22.5. The molecule has 0 fully saturated rings. The van der Waals surface area contributed by atoms with E-state index in [-0.39, 0.29) is 36.0 Å². The monoisotopic (exact) mass is 472 g/mol. The second-order valence-corrected chi connectivity index (χ2v) is 8.84. The number of hydrogen-bond donors (Lipinski definition) is 0. The number of rotatable bonds is 22. The topological polar surface area (TPSA) is 110 Å². The zero-order valence-corrected chi connectivity index (χ0v) is 22.5. The third-order valence-electron chi connectivity index (χ3n) is 5.04. The van der Waals surface area contributed by atoms with Crippen LogP contribution in [-0.4, -0.2) is 37.9 Å². The number of unbranched alkanes of at least 4 members (excludes halogenated alkanes) is 13. The fraction of sp³-hybridized carbons (Fsp3) is 0.909. The van der Waals surface area contributed by atoms with Gasteiger partial charge in [0.15, 0.2) is 0 Å². The molecule has 0 unspecified atom stereocenters. The minimum absolute atomic E-state index is 0. The van der Waals surface area contributed by atoms with Crippen LogP contribution >= 0.6 is 0 Å². The van der Waals surface area contributed by atoms with Crippen molar-refractivity contribution in [3.63, 3.8) is 0 Å². The van der Waals surface area contributed by atoms with Crippen molar-refractivity contribution in [2.75, 3.05) is 13.2 Å². The molecule has 178 valence electrons. The van der Waals surface area contributed by atoms with Crippen LogP contribution in [0.2, 0.25) is 0 Å². The minimum Gasteiger partial charge on any atom is -0.726 e. The molecule has 9 heteroatoms. The van der Waals surface area contributed by atoms with Crippen LogP contribution in [0, 0.1) is 0 Å². The molecular weight excluding hydrogens is 431 g/mol. The number of carbonyl (C=O) groups is 2. The Morgan fingerprint density at radius 3 is 1.52 bits per heavy atom. The van der Waals surface area contributed by atoms with Gasteiger partial charge in [-0.2, -0.15) is 0 Å². The van der Waals surface area contributed by atoms with Gasteiger partial charge in [-0.05, 0) is 12.8 Å². The second kappa shape index (κ2) is 23.2. The number of Topliss-reactive ketones (excluding diaryl/α,β-unsaturated/α-hetero) is 1. The fourth-order valence-electron chi connectivity index (χ4n) is 3.21. The van der Waals surface area contributed by atoms with Crippen molar-refractivity contribution >= 4 is 22.2 Å². The second-order valence-electron chi connectivity index (χ2n) is 7.79. The molecule has 0 aliphatic carbocycles. The van der Waals surface area contributed by atoms with E-state index in [1.165, 1.54) is 64.2 Å². The van der Waals surface area contributed by atoms with Crippen LogP contribution in [0.25, 0.3) is 0 Å². The van der Waals surface area contributed by atoms with Crippen LogP contribution in [-0.2, 0) is 28.9 Å². The summed E-state index contributed by atoms with van der Waals surface area (Å²) in [6.07, 6.45) is 17.8. The van der Waals surface area contributed by atoms with Crippen LogP contribution < -0.4 is 29.6 Å². The quantitative estimate of drug-likeness (QED) is 0.0781. The first-order chi connectivity index (χ1) is 14.3. The van der Waals surface area contributed by atoms with Gasteiger partial charge in [0.25, 0.3) is 0 Å². The number of hydrogen-bond acceptors (Lipinski definition) is 7. The molecule has 0 aromatic rings. The van der Waals surface area contributed by atoms with E-state index in [1.54, 1.807) is 0 Å². The van der Waals surface area contributed by atoms with Gasteiger partial charge in [0.05, 0.1) is 19.6 Å². The van der Waals surface area contributed by atoms with Crippen LogP contribution in [0.1, 0.15) is 116 Å². The molecule has 0 N–H and O–H groups in total. The summed E-state index contributed by atoms with van der Waals surface area (Å²) in [5.41, 5.74) is 0. The van der Waals surface area contributed by atoms with Gasteiger partial charge in [-0.25, -0.2) is 8.42 Å². The Morgan fingerprint density at radius 1 is 0.677 bits per heavy atom. The van der Waals surface area contributed by atoms with Crippen molar-refractivity contribution in [1.82, 2.24) is 0 Å². The average Bonchev–Trinajstić information content (AvgIpc) is 2.69. The summed E-state index contributed by atoms with van der Waals surface area (Å²) in [5.74, 6) is -0.163. The summed E-state index contributed by atoms with van der Waals surface area (Å²) in [5, 5.41) is 0. The standard InChI is InChI=1S/C22H42O7S.Na/c1-2-21(23)17-15-13-11-9-7-5-3-4-6-8-10-12-14-16-19-28-22(24)18-20-29-30(25,26)27;/h2-20H2,1H3,(H,25,26,27);/q;+1/p-1. The van der Waals surface area contributed by atoms with Crippen LogP contribution in [0.3, 0.4) is 0 Å². The summed E-state index contributed by atoms with van der Waals surface area (Å²) < 4.78 is 39.6. The van der Waals surface area contributed by atoms with Gasteiger partial charge in [-0.15, -0.1) is 0 Å². The third-order valence-corrected chi connectivity index (χ3v) is 5.50. The summed E-state index contributed by atoms with van der Waals surface area (Å²) in [6, 6.07) is 0. The minimum atomic E-state index is -4.74. The summed E-state index contributed by atoms with van der Waals surface area (Å²) in [7, 11) is -4.74. The molecule has 0 amide bonds. The Balaban J connectivity index is 0. The number of ether oxygens (including phenoxy) is 1. The van der Waals surface area contributed by atoms with Crippen molar-refractivity contribution in [2.24, 2.45) is 0 Å². The maximum Gasteiger partial charge on any atom is 1.00 e. The molecule has 0 bridgehead atoms. The predicted molar refractivity (Wildman–Crippen MR) is 116 cm³/mol. The van der Waals surface area contributed by atoms with Crippen molar-refractivity contribution in [2.45, 2.75) is 116 Å². The molecule has 0 saturated carbocycles. The van der Waals surface area contributed by atoms with E-state index in [4.69, 9.17) is 4.74 Å². The first-order valence-electron chi connectivity index (χ1n) is 11.6. The molecule has 0 aromatic heterocycles. The van der Waals surface area contributed by atoms with Gasteiger partial charge in [-0.1, -0.05) is 84.0 Å². The molecule has 0 heterocycles. The van der Waals surface area contributed by atoms with E-state index in [9.17, 15) is 22.6 Å². The summed E-state index contributed by atoms with van der Waals surface area (Å²) in [6.45, 7) is 1.78. The molecule has 0 rings (SSSR count). The molecule has 0 spiro atoms. The number of carbonyl (C=O) groups excluding carboxylic acids is 2. The maximum absolute atomic E-state index is 11.3. The molecule has 0 radical (unpaired) electrons. The summed E-state index contributed by atoms with van der Waals surface area (Å²) >= 11 is 0. The van der Waals surface area contributed by atoms with Crippen molar-refractivity contribution < 1.29 is 61.0 Å². The van der Waals surface area contributed by atoms with Gasteiger partial charge in [0, 0.05) is 12.8 Å².